The molecular formula is C20H33N3O. The topological polar surface area (TPSA) is 35.6 Å². The molecule has 1 amide bonds. The van der Waals surface area contributed by atoms with Crippen molar-refractivity contribution in [1.82, 2.24) is 4.90 Å². The van der Waals surface area contributed by atoms with Crippen molar-refractivity contribution >= 4 is 17.3 Å². The van der Waals surface area contributed by atoms with E-state index >= 15 is 0 Å². The normalized spacial score (nSPS) is 17.6. The van der Waals surface area contributed by atoms with E-state index in [4.69, 9.17) is 0 Å². The molecule has 134 valence electrons. The number of hydrogen-bond donors (Lipinski definition) is 1. The van der Waals surface area contributed by atoms with Crippen molar-refractivity contribution in [2.45, 2.75) is 41.0 Å². The monoisotopic (exact) mass is 331 g/mol. The van der Waals surface area contributed by atoms with E-state index in [1.807, 2.05) is 12.1 Å². The third-order valence-electron chi connectivity index (χ3n) is 5.31. The second kappa shape index (κ2) is 8.02. The van der Waals surface area contributed by atoms with Crippen molar-refractivity contribution in [2.75, 3.05) is 42.9 Å². The van der Waals surface area contributed by atoms with Crippen LogP contribution in [-0.4, -0.2) is 43.5 Å². The first-order valence-electron chi connectivity index (χ1n) is 9.17. The third kappa shape index (κ3) is 4.97. The van der Waals surface area contributed by atoms with Crippen LogP contribution in [-0.2, 0) is 4.79 Å². The van der Waals surface area contributed by atoms with Gasteiger partial charge in [0, 0.05) is 32.6 Å². The summed E-state index contributed by atoms with van der Waals surface area (Å²) in [6.07, 6.45) is 0.557. The minimum atomic E-state index is 0.108. The summed E-state index contributed by atoms with van der Waals surface area (Å²) in [6, 6.07) is 8.18. The fraction of sp³-hybridized carbons (Fsp3) is 0.650. The number of piperazine rings is 1. The van der Waals surface area contributed by atoms with Gasteiger partial charge in [0.05, 0.1) is 11.4 Å². The molecule has 0 radical (unpaired) electrons. The minimum Gasteiger partial charge on any atom is -0.367 e. The molecule has 1 aliphatic heterocycles. The molecule has 1 N–H and O–H groups in total. The molecular weight excluding hydrogens is 298 g/mol. The van der Waals surface area contributed by atoms with Gasteiger partial charge in [0.1, 0.15) is 0 Å². The molecule has 0 spiro atoms. The molecule has 4 heteroatoms. The number of nitrogens with zero attached hydrogens (tertiary/aromatic N) is 2. The zero-order chi connectivity index (χ0) is 17.7. The summed E-state index contributed by atoms with van der Waals surface area (Å²) >= 11 is 0. The first-order valence-corrected chi connectivity index (χ1v) is 9.17. The van der Waals surface area contributed by atoms with E-state index in [2.05, 4.69) is 61.9 Å². The average molecular weight is 332 g/mol. The van der Waals surface area contributed by atoms with Gasteiger partial charge in [0.2, 0.25) is 5.91 Å². The lowest BCUT2D eigenvalue weighted by atomic mass is 9.80. The number of rotatable bonds is 5. The molecule has 1 unspecified atom stereocenters. The Labute approximate surface area is 147 Å². The van der Waals surface area contributed by atoms with E-state index in [1.54, 1.807) is 0 Å². The summed E-state index contributed by atoms with van der Waals surface area (Å²) in [7, 11) is 0. The largest absolute Gasteiger partial charge is 0.367 e. The van der Waals surface area contributed by atoms with Gasteiger partial charge in [0.25, 0.3) is 0 Å². The van der Waals surface area contributed by atoms with Gasteiger partial charge < -0.3 is 15.1 Å². The zero-order valence-corrected chi connectivity index (χ0v) is 15.9. The smallest absolute Gasteiger partial charge is 0.224 e. The molecule has 1 aromatic rings. The maximum Gasteiger partial charge on any atom is 0.224 e. The summed E-state index contributed by atoms with van der Waals surface area (Å²) in [5, 5.41) is 3.14. The number of para-hydroxylation sites is 2. The quantitative estimate of drug-likeness (QED) is 0.890. The number of anilines is 2. The van der Waals surface area contributed by atoms with Gasteiger partial charge in [-0.3, -0.25) is 4.79 Å². The highest BCUT2D eigenvalue weighted by Gasteiger charge is 2.23. The third-order valence-corrected chi connectivity index (χ3v) is 5.31. The Morgan fingerprint density at radius 2 is 1.79 bits per heavy atom. The summed E-state index contributed by atoms with van der Waals surface area (Å²) < 4.78 is 0. The fourth-order valence-electron chi connectivity index (χ4n) is 2.95. The van der Waals surface area contributed by atoms with Crippen LogP contribution in [0.5, 0.6) is 0 Å². The van der Waals surface area contributed by atoms with Crippen molar-refractivity contribution in [2.24, 2.45) is 11.3 Å². The average Bonchev–Trinajstić information content (AvgIpc) is 2.54. The number of carbonyl (C=O) groups excluding carboxylic acids is 1. The van der Waals surface area contributed by atoms with Gasteiger partial charge >= 0.3 is 0 Å². The Hall–Kier alpha value is -1.55. The van der Waals surface area contributed by atoms with E-state index in [0.29, 0.717) is 12.3 Å². The summed E-state index contributed by atoms with van der Waals surface area (Å²) in [5.74, 6) is 0.454. The molecule has 1 fully saturated rings. The number of carbonyl (C=O) groups is 1. The summed E-state index contributed by atoms with van der Waals surface area (Å²) in [4.78, 5) is 17.3. The van der Waals surface area contributed by atoms with Crippen molar-refractivity contribution in [3.8, 4) is 0 Å². The molecule has 4 nitrogen and oxygen atoms in total. The van der Waals surface area contributed by atoms with Crippen LogP contribution in [0.25, 0.3) is 0 Å². The van der Waals surface area contributed by atoms with Crippen molar-refractivity contribution < 1.29 is 4.79 Å². The molecule has 1 atom stereocenters. The molecule has 0 saturated carbocycles. The second-order valence-electron chi connectivity index (χ2n) is 7.96. The van der Waals surface area contributed by atoms with E-state index < -0.39 is 0 Å². The van der Waals surface area contributed by atoms with E-state index in [9.17, 15) is 4.79 Å². The zero-order valence-electron chi connectivity index (χ0n) is 15.9. The number of amides is 1. The minimum absolute atomic E-state index is 0.108. The van der Waals surface area contributed by atoms with Crippen LogP contribution < -0.4 is 10.2 Å². The standard InChI is InChI=1S/C20H33N3O/c1-6-22-11-13-23(14-12-22)18-10-8-7-9-17(18)21-19(24)15-16(2)20(3,4)5/h7-10,16H,6,11-15H2,1-5H3,(H,21,24). The molecule has 1 heterocycles. The summed E-state index contributed by atoms with van der Waals surface area (Å²) in [6.45, 7) is 16.2. The van der Waals surface area contributed by atoms with Gasteiger partial charge in [-0.25, -0.2) is 0 Å². The van der Waals surface area contributed by atoms with Crippen LogP contribution >= 0.6 is 0 Å². The number of hydrogen-bond acceptors (Lipinski definition) is 3. The SMILES string of the molecule is CCN1CCN(c2ccccc2NC(=O)CC(C)C(C)(C)C)CC1. The van der Waals surface area contributed by atoms with Crippen molar-refractivity contribution in [1.29, 1.82) is 0 Å². The Kier molecular flexibility index (Phi) is 6.27. The van der Waals surface area contributed by atoms with Crippen molar-refractivity contribution in [3.05, 3.63) is 24.3 Å². The Bertz CT molecular complexity index is 542. The molecule has 2 rings (SSSR count). The van der Waals surface area contributed by atoms with Crippen LogP contribution in [0.4, 0.5) is 11.4 Å². The van der Waals surface area contributed by atoms with Gasteiger partial charge in [-0.15, -0.1) is 0 Å². The second-order valence-corrected chi connectivity index (χ2v) is 7.96. The van der Waals surface area contributed by atoms with Crippen LogP contribution in [0.15, 0.2) is 24.3 Å². The lowest BCUT2D eigenvalue weighted by Gasteiger charge is -2.36. The van der Waals surface area contributed by atoms with Crippen molar-refractivity contribution in [3.63, 3.8) is 0 Å². The highest BCUT2D eigenvalue weighted by molar-refractivity contribution is 5.94. The Morgan fingerprint density at radius 3 is 2.38 bits per heavy atom. The van der Waals surface area contributed by atoms with E-state index in [1.165, 1.54) is 0 Å². The maximum atomic E-state index is 12.5. The maximum absolute atomic E-state index is 12.5. The molecule has 1 aliphatic rings. The lowest BCUT2D eigenvalue weighted by Crippen LogP contribution is -2.46. The molecule has 1 aromatic carbocycles. The molecule has 0 aliphatic carbocycles. The molecule has 1 saturated heterocycles. The highest BCUT2D eigenvalue weighted by Crippen LogP contribution is 2.30. The van der Waals surface area contributed by atoms with Gasteiger partial charge in [-0.05, 0) is 30.0 Å². The predicted molar refractivity (Wildman–Crippen MR) is 103 cm³/mol. The Morgan fingerprint density at radius 1 is 1.17 bits per heavy atom. The van der Waals surface area contributed by atoms with Gasteiger partial charge in [-0.1, -0.05) is 46.8 Å². The fourth-order valence-corrected chi connectivity index (χ4v) is 2.95. The predicted octanol–water partition coefficient (Wildman–Crippen LogP) is 3.84. The van der Waals surface area contributed by atoms with Crippen LogP contribution in [0.2, 0.25) is 0 Å². The van der Waals surface area contributed by atoms with E-state index in [0.717, 1.165) is 44.1 Å². The number of nitrogens with one attached hydrogen (secondary N) is 1. The lowest BCUT2D eigenvalue weighted by molar-refractivity contribution is -0.117. The highest BCUT2D eigenvalue weighted by atomic mass is 16.1. The number of likely N-dealkylation sites (N-methyl/N-ethyl adjacent to an activating group) is 1. The van der Waals surface area contributed by atoms with Crippen LogP contribution in [0.1, 0.15) is 41.0 Å². The van der Waals surface area contributed by atoms with Gasteiger partial charge in [0.15, 0.2) is 0 Å². The Balaban J connectivity index is 2.03. The van der Waals surface area contributed by atoms with Gasteiger partial charge in [-0.2, -0.15) is 0 Å². The van der Waals surface area contributed by atoms with Crippen LogP contribution in [0, 0.1) is 11.3 Å². The molecule has 0 bridgehead atoms. The first kappa shape index (κ1) is 18.8. The summed E-state index contributed by atoms with van der Waals surface area (Å²) in [5.41, 5.74) is 2.23. The number of benzene rings is 1. The first-order chi connectivity index (χ1) is 11.3. The molecule has 24 heavy (non-hydrogen) atoms. The van der Waals surface area contributed by atoms with Crippen LogP contribution in [0.3, 0.4) is 0 Å². The molecule has 0 aromatic heterocycles. The van der Waals surface area contributed by atoms with E-state index in [-0.39, 0.29) is 11.3 Å².